The van der Waals surface area contributed by atoms with Crippen molar-refractivity contribution < 1.29 is 0 Å². The second kappa shape index (κ2) is 8.97. The van der Waals surface area contributed by atoms with Gasteiger partial charge in [0.1, 0.15) is 0 Å². The molecule has 4 aromatic rings. The topological polar surface area (TPSA) is 0 Å². The van der Waals surface area contributed by atoms with Gasteiger partial charge in [-0.1, -0.05) is 123 Å². The lowest BCUT2D eigenvalue weighted by Gasteiger charge is -2.13. The highest BCUT2D eigenvalue weighted by Gasteiger charge is 2.09. The summed E-state index contributed by atoms with van der Waals surface area (Å²) in [5.74, 6) is 0.557. The van der Waals surface area contributed by atoms with Crippen molar-refractivity contribution in [3.05, 3.63) is 114 Å². The summed E-state index contributed by atoms with van der Waals surface area (Å²) in [6.45, 7) is 6.50. The third-order valence-electron chi connectivity index (χ3n) is 5.62. The van der Waals surface area contributed by atoms with E-state index in [0.29, 0.717) is 5.92 Å². The molecule has 0 saturated carbocycles. The lowest BCUT2D eigenvalue weighted by atomic mass is 9.91. The van der Waals surface area contributed by atoms with E-state index in [4.69, 9.17) is 0 Å². The van der Waals surface area contributed by atoms with Crippen molar-refractivity contribution in [2.45, 2.75) is 26.7 Å². The largest absolute Gasteiger partial charge is 0.0877 e. The lowest BCUT2D eigenvalue weighted by molar-refractivity contribution is 0.867. The predicted molar refractivity (Wildman–Crippen MR) is 133 cm³/mol. The molecule has 0 N–H and O–H groups in total. The third-order valence-corrected chi connectivity index (χ3v) is 5.62. The molecule has 30 heavy (non-hydrogen) atoms. The Morgan fingerprint density at radius 3 is 1.93 bits per heavy atom. The summed E-state index contributed by atoms with van der Waals surface area (Å²) >= 11 is 0. The number of hydrogen-bond donors (Lipinski definition) is 0. The quantitative estimate of drug-likeness (QED) is 0.299. The summed E-state index contributed by atoms with van der Waals surface area (Å²) in [6.07, 6.45) is 8.43. The van der Waals surface area contributed by atoms with E-state index >= 15 is 0 Å². The van der Waals surface area contributed by atoms with Crippen molar-refractivity contribution in [1.82, 2.24) is 0 Å². The summed E-state index contributed by atoms with van der Waals surface area (Å²) in [5, 5.41) is 2.55. The Bertz CT molecular complexity index is 1190. The van der Waals surface area contributed by atoms with Crippen molar-refractivity contribution in [3.63, 3.8) is 0 Å². The van der Waals surface area contributed by atoms with Crippen LogP contribution in [0.3, 0.4) is 0 Å². The first-order chi connectivity index (χ1) is 14.7. The highest BCUT2D eigenvalue weighted by molar-refractivity contribution is 6.00. The molecule has 4 rings (SSSR count). The summed E-state index contributed by atoms with van der Waals surface area (Å²) in [4.78, 5) is 0. The van der Waals surface area contributed by atoms with Gasteiger partial charge in [0, 0.05) is 0 Å². The molecule has 0 aliphatic heterocycles. The molecule has 0 aliphatic rings. The molecule has 0 atom stereocenters. The summed E-state index contributed by atoms with van der Waals surface area (Å²) in [5.41, 5.74) is 7.66. The average molecular weight is 389 g/mol. The molecule has 0 unspecified atom stereocenters. The van der Waals surface area contributed by atoms with Crippen LogP contribution in [-0.4, -0.2) is 0 Å². The Balaban J connectivity index is 1.77. The molecule has 0 fully saturated rings. The summed E-state index contributed by atoms with van der Waals surface area (Å²) in [6, 6.07) is 31.0. The zero-order valence-electron chi connectivity index (χ0n) is 18.0. The molecular formula is C30H28. The van der Waals surface area contributed by atoms with Gasteiger partial charge in [-0.2, -0.15) is 0 Å². The smallest absolute Gasteiger partial charge is 0.00328 e. The monoisotopic (exact) mass is 388 g/mol. The van der Waals surface area contributed by atoms with Crippen molar-refractivity contribution in [3.8, 4) is 22.3 Å². The van der Waals surface area contributed by atoms with Crippen molar-refractivity contribution >= 4 is 16.8 Å². The van der Waals surface area contributed by atoms with Gasteiger partial charge < -0.3 is 0 Å². The number of benzene rings is 4. The SMILES string of the molecule is C/C=C\C=C/c1ccc2ccccc2c1-c1ccc(-c2ccc(C(C)C)cc2)cc1. The number of allylic oxidation sites excluding steroid dienone is 3. The van der Waals surface area contributed by atoms with Crippen molar-refractivity contribution in [1.29, 1.82) is 0 Å². The van der Waals surface area contributed by atoms with Crippen LogP contribution in [0.1, 0.15) is 37.8 Å². The van der Waals surface area contributed by atoms with Crippen LogP contribution in [0.4, 0.5) is 0 Å². The van der Waals surface area contributed by atoms with Gasteiger partial charge in [-0.15, -0.1) is 0 Å². The maximum absolute atomic E-state index is 2.25. The Hall–Kier alpha value is -3.38. The van der Waals surface area contributed by atoms with Crippen LogP contribution in [0, 0.1) is 0 Å². The molecule has 0 aliphatic carbocycles. The summed E-state index contributed by atoms with van der Waals surface area (Å²) in [7, 11) is 0. The minimum absolute atomic E-state index is 0.557. The Kier molecular flexibility index (Phi) is 5.95. The second-order valence-electron chi connectivity index (χ2n) is 7.99. The van der Waals surface area contributed by atoms with E-state index in [-0.39, 0.29) is 0 Å². The molecule has 148 valence electrons. The summed E-state index contributed by atoms with van der Waals surface area (Å²) < 4.78 is 0. The fourth-order valence-corrected chi connectivity index (χ4v) is 3.91. The van der Waals surface area contributed by atoms with Gasteiger partial charge in [-0.25, -0.2) is 0 Å². The van der Waals surface area contributed by atoms with E-state index in [1.807, 2.05) is 6.92 Å². The number of fused-ring (bicyclic) bond motifs is 1. The Morgan fingerprint density at radius 2 is 1.27 bits per heavy atom. The van der Waals surface area contributed by atoms with Gasteiger partial charge in [0.2, 0.25) is 0 Å². The minimum Gasteiger partial charge on any atom is -0.0877 e. The van der Waals surface area contributed by atoms with Gasteiger partial charge >= 0.3 is 0 Å². The van der Waals surface area contributed by atoms with Gasteiger partial charge in [0.05, 0.1) is 0 Å². The van der Waals surface area contributed by atoms with Crippen LogP contribution in [0.15, 0.2) is 103 Å². The zero-order valence-corrected chi connectivity index (χ0v) is 18.0. The van der Waals surface area contributed by atoms with Crippen LogP contribution in [-0.2, 0) is 0 Å². The normalized spacial score (nSPS) is 11.9. The van der Waals surface area contributed by atoms with Crippen molar-refractivity contribution in [2.75, 3.05) is 0 Å². The fraction of sp³-hybridized carbons (Fsp3) is 0.133. The zero-order chi connectivity index (χ0) is 20.9. The number of hydrogen-bond acceptors (Lipinski definition) is 0. The first-order valence-electron chi connectivity index (χ1n) is 10.7. The number of rotatable bonds is 5. The van der Waals surface area contributed by atoms with E-state index in [2.05, 4.69) is 123 Å². The van der Waals surface area contributed by atoms with Gasteiger partial charge in [0.25, 0.3) is 0 Å². The maximum atomic E-state index is 2.25. The fourth-order valence-electron chi connectivity index (χ4n) is 3.91. The standard InChI is InChI=1S/C30H28/c1-4-5-6-10-27-21-18-26-9-7-8-11-29(26)30(27)28-19-16-25(17-20-28)24-14-12-23(13-15-24)22(2)3/h4-22H,1-3H3/b5-4-,10-6-. The second-order valence-corrected chi connectivity index (χ2v) is 7.99. The van der Waals surface area contributed by atoms with Crippen LogP contribution >= 0.6 is 0 Å². The predicted octanol–water partition coefficient (Wildman–Crippen LogP) is 8.89. The third kappa shape index (κ3) is 4.14. The molecule has 0 aromatic heterocycles. The van der Waals surface area contributed by atoms with E-state index in [0.717, 1.165) is 0 Å². The molecule has 0 radical (unpaired) electrons. The first-order valence-corrected chi connectivity index (χ1v) is 10.7. The Labute approximate surface area is 180 Å². The molecule has 0 nitrogen and oxygen atoms in total. The highest BCUT2D eigenvalue weighted by atomic mass is 14.1. The van der Waals surface area contributed by atoms with E-state index in [1.165, 1.54) is 44.2 Å². The van der Waals surface area contributed by atoms with E-state index in [1.54, 1.807) is 0 Å². The van der Waals surface area contributed by atoms with Gasteiger partial charge in [-0.3, -0.25) is 0 Å². The van der Waals surface area contributed by atoms with Crippen LogP contribution < -0.4 is 0 Å². The molecule has 4 aromatic carbocycles. The van der Waals surface area contributed by atoms with Crippen LogP contribution in [0.5, 0.6) is 0 Å². The van der Waals surface area contributed by atoms with E-state index in [9.17, 15) is 0 Å². The molecule has 0 amide bonds. The van der Waals surface area contributed by atoms with Gasteiger partial charge in [0.15, 0.2) is 0 Å². The Morgan fingerprint density at radius 1 is 0.633 bits per heavy atom. The van der Waals surface area contributed by atoms with E-state index < -0.39 is 0 Å². The average Bonchev–Trinajstić information content (AvgIpc) is 2.79. The minimum atomic E-state index is 0.557. The molecule has 0 heteroatoms. The van der Waals surface area contributed by atoms with Gasteiger partial charge in [-0.05, 0) is 57.0 Å². The molecule has 0 saturated heterocycles. The first kappa shape index (κ1) is 19.9. The molecular weight excluding hydrogens is 360 g/mol. The molecule has 0 spiro atoms. The molecule has 0 bridgehead atoms. The maximum Gasteiger partial charge on any atom is -0.00328 e. The van der Waals surface area contributed by atoms with Crippen LogP contribution in [0.25, 0.3) is 39.1 Å². The molecule has 0 heterocycles. The lowest BCUT2D eigenvalue weighted by Crippen LogP contribution is -1.88. The van der Waals surface area contributed by atoms with Crippen molar-refractivity contribution in [2.24, 2.45) is 0 Å². The highest BCUT2D eigenvalue weighted by Crippen LogP contribution is 2.34. The van der Waals surface area contributed by atoms with Crippen LogP contribution in [0.2, 0.25) is 0 Å².